The molecule has 0 aromatic heterocycles. The SMILES string of the molecule is C[C@]12CC[C@](O)(c3ccc(O)c(F)c3)CC1CC[C@@H]2O. The number of phenolic OH excluding ortho intramolecular Hbond substituents is 1. The number of fused-ring (bicyclic) bond motifs is 1. The summed E-state index contributed by atoms with van der Waals surface area (Å²) in [5.41, 5.74) is -0.652. The molecule has 0 heterocycles. The van der Waals surface area contributed by atoms with Gasteiger partial charge in [-0.2, -0.15) is 0 Å². The largest absolute Gasteiger partial charge is 0.505 e. The van der Waals surface area contributed by atoms with Crippen molar-refractivity contribution in [2.45, 2.75) is 50.7 Å². The lowest BCUT2D eigenvalue weighted by Gasteiger charge is -2.46. The van der Waals surface area contributed by atoms with Crippen LogP contribution in [0.3, 0.4) is 0 Å². The fraction of sp³-hybridized carbons (Fsp3) is 0.625. The van der Waals surface area contributed by atoms with Gasteiger partial charge in [-0.1, -0.05) is 13.0 Å². The van der Waals surface area contributed by atoms with E-state index in [4.69, 9.17) is 0 Å². The predicted octanol–water partition coefficient (Wildman–Crippen LogP) is 2.68. The lowest BCUT2D eigenvalue weighted by molar-refractivity contribution is -0.0856. The summed E-state index contributed by atoms with van der Waals surface area (Å²) in [7, 11) is 0. The normalized spacial score (nSPS) is 40.6. The third-order valence-corrected chi connectivity index (χ3v) is 5.63. The van der Waals surface area contributed by atoms with E-state index in [1.807, 2.05) is 0 Å². The zero-order valence-electron chi connectivity index (χ0n) is 11.6. The molecule has 3 N–H and O–H groups in total. The van der Waals surface area contributed by atoms with Crippen molar-refractivity contribution in [1.82, 2.24) is 0 Å². The van der Waals surface area contributed by atoms with E-state index in [1.165, 1.54) is 12.1 Å². The zero-order valence-corrected chi connectivity index (χ0v) is 11.6. The number of rotatable bonds is 1. The van der Waals surface area contributed by atoms with Gasteiger partial charge in [0.05, 0.1) is 11.7 Å². The molecule has 1 aromatic carbocycles. The van der Waals surface area contributed by atoms with Gasteiger partial charge in [-0.15, -0.1) is 0 Å². The molecule has 3 rings (SSSR count). The molecule has 0 saturated heterocycles. The van der Waals surface area contributed by atoms with Gasteiger partial charge in [0, 0.05) is 0 Å². The Morgan fingerprint density at radius 3 is 2.70 bits per heavy atom. The second-order valence-corrected chi connectivity index (χ2v) is 6.70. The zero-order chi connectivity index (χ0) is 14.5. The van der Waals surface area contributed by atoms with Crippen molar-refractivity contribution in [1.29, 1.82) is 0 Å². The Hall–Kier alpha value is -1.13. The Labute approximate surface area is 118 Å². The van der Waals surface area contributed by atoms with Crippen molar-refractivity contribution in [2.24, 2.45) is 11.3 Å². The molecule has 0 amide bonds. The molecule has 0 spiro atoms. The summed E-state index contributed by atoms with van der Waals surface area (Å²) in [5.74, 6) is -0.835. The van der Waals surface area contributed by atoms with Crippen LogP contribution in [0.4, 0.5) is 4.39 Å². The lowest BCUT2D eigenvalue weighted by atomic mass is 9.62. The molecule has 1 aromatic rings. The number of benzene rings is 1. The molecule has 0 radical (unpaired) electrons. The smallest absolute Gasteiger partial charge is 0.165 e. The van der Waals surface area contributed by atoms with Crippen molar-refractivity contribution in [2.75, 3.05) is 0 Å². The van der Waals surface area contributed by atoms with E-state index in [9.17, 15) is 19.7 Å². The molecule has 3 nitrogen and oxygen atoms in total. The topological polar surface area (TPSA) is 60.7 Å². The van der Waals surface area contributed by atoms with Crippen molar-refractivity contribution in [3.8, 4) is 5.75 Å². The van der Waals surface area contributed by atoms with Crippen LogP contribution in [0.2, 0.25) is 0 Å². The van der Waals surface area contributed by atoms with Crippen LogP contribution in [0, 0.1) is 17.2 Å². The molecule has 2 fully saturated rings. The molecule has 1 unspecified atom stereocenters. The maximum atomic E-state index is 13.5. The molecular formula is C16H21FO3. The van der Waals surface area contributed by atoms with Gasteiger partial charge < -0.3 is 15.3 Å². The van der Waals surface area contributed by atoms with Crippen LogP contribution in [0.5, 0.6) is 5.75 Å². The van der Waals surface area contributed by atoms with Gasteiger partial charge in [0.15, 0.2) is 11.6 Å². The monoisotopic (exact) mass is 280 g/mol. The van der Waals surface area contributed by atoms with Crippen LogP contribution in [-0.4, -0.2) is 21.4 Å². The summed E-state index contributed by atoms with van der Waals surface area (Å²) in [6.07, 6.45) is 3.18. The molecule has 2 saturated carbocycles. The van der Waals surface area contributed by atoms with Gasteiger partial charge in [-0.25, -0.2) is 4.39 Å². The Morgan fingerprint density at radius 2 is 2.00 bits per heavy atom. The summed E-state index contributed by atoms with van der Waals surface area (Å²) in [4.78, 5) is 0. The summed E-state index contributed by atoms with van der Waals surface area (Å²) in [6.45, 7) is 2.09. The molecule has 110 valence electrons. The maximum absolute atomic E-state index is 13.5. The van der Waals surface area contributed by atoms with Crippen LogP contribution in [0.1, 0.15) is 44.6 Å². The van der Waals surface area contributed by atoms with Gasteiger partial charge in [0.2, 0.25) is 0 Å². The number of phenols is 1. The minimum absolute atomic E-state index is 0.123. The summed E-state index contributed by atoms with van der Waals surface area (Å²) < 4.78 is 13.5. The molecule has 2 aliphatic rings. The third-order valence-electron chi connectivity index (χ3n) is 5.63. The number of halogens is 1. The Balaban J connectivity index is 1.89. The molecule has 0 bridgehead atoms. The number of aromatic hydroxyl groups is 1. The Morgan fingerprint density at radius 1 is 1.25 bits per heavy atom. The lowest BCUT2D eigenvalue weighted by Crippen LogP contribution is -2.44. The fourth-order valence-electron chi connectivity index (χ4n) is 4.04. The van der Waals surface area contributed by atoms with Crippen LogP contribution in [0.15, 0.2) is 18.2 Å². The summed E-state index contributed by atoms with van der Waals surface area (Å²) in [6, 6.07) is 4.11. The minimum Gasteiger partial charge on any atom is -0.505 e. The Kier molecular flexibility index (Phi) is 3.07. The molecule has 2 aliphatic carbocycles. The van der Waals surface area contributed by atoms with Gasteiger partial charge >= 0.3 is 0 Å². The molecule has 4 heteroatoms. The van der Waals surface area contributed by atoms with E-state index in [0.717, 1.165) is 19.3 Å². The van der Waals surface area contributed by atoms with Crippen LogP contribution in [0.25, 0.3) is 0 Å². The van der Waals surface area contributed by atoms with Crippen LogP contribution in [-0.2, 0) is 5.60 Å². The van der Waals surface area contributed by atoms with E-state index >= 15 is 0 Å². The van der Waals surface area contributed by atoms with Gasteiger partial charge in [0.1, 0.15) is 0 Å². The minimum atomic E-state index is -1.05. The molecular weight excluding hydrogens is 259 g/mol. The molecule has 20 heavy (non-hydrogen) atoms. The summed E-state index contributed by atoms with van der Waals surface area (Å²) >= 11 is 0. The predicted molar refractivity (Wildman–Crippen MR) is 72.7 cm³/mol. The molecule has 0 aliphatic heterocycles. The third kappa shape index (κ3) is 1.93. The quantitative estimate of drug-likeness (QED) is 0.741. The van der Waals surface area contributed by atoms with Crippen molar-refractivity contribution in [3.05, 3.63) is 29.6 Å². The van der Waals surface area contributed by atoms with Crippen molar-refractivity contribution in [3.63, 3.8) is 0 Å². The van der Waals surface area contributed by atoms with Crippen LogP contribution >= 0.6 is 0 Å². The van der Waals surface area contributed by atoms with Crippen LogP contribution < -0.4 is 0 Å². The van der Waals surface area contributed by atoms with E-state index in [2.05, 4.69) is 6.92 Å². The molecule has 4 atom stereocenters. The number of aliphatic hydroxyl groups excluding tert-OH is 1. The highest BCUT2D eigenvalue weighted by atomic mass is 19.1. The van der Waals surface area contributed by atoms with Crippen molar-refractivity contribution < 1.29 is 19.7 Å². The highest BCUT2D eigenvalue weighted by Crippen LogP contribution is 2.56. The van der Waals surface area contributed by atoms with Gasteiger partial charge in [-0.05, 0) is 61.1 Å². The first-order valence-corrected chi connectivity index (χ1v) is 7.25. The standard InChI is InChI=1S/C16H21FO3/c1-15-6-7-16(20,9-11(15)3-5-14(15)19)10-2-4-13(18)12(17)8-10/h2,4,8,11,14,18-20H,3,5-7,9H2,1H3/t11?,14-,15-,16+/m0/s1. The first-order valence-electron chi connectivity index (χ1n) is 7.25. The highest BCUT2D eigenvalue weighted by Gasteiger charge is 2.53. The first-order chi connectivity index (χ1) is 9.35. The highest BCUT2D eigenvalue weighted by molar-refractivity contribution is 5.32. The second kappa shape index (κ2) is 4.43. The fourth-order valence-corrected chi connectivity index (χ4v) is 4.04. The maximum Gasteiger partial charge on any atom is 0.165 e. The van der Waals surface area contributed by atoms with E-state index in [-0.39, 0.29) is 17.4 Å². The number of aliphatic hydroxyl groups is 2. The average molecular weight is 280 g/mol. The van der Waals surface area contributed by atoms with E-state index in [0.29, 0.717) is 18.4 Å². The van der Waals surface area contributed by atoms with Gasteiger partial charge in [-0.3, -0.25) is 0 Å². The summed E-state index contributed by atoms with van der Waals surface area (Å²) in [5, 5.41) is 30.3. The number of hydrogen-bond acceptors (Lipinski definition) is 3. The van der Waals surface area contributed by atoms with Crippen molar-refractivity contribution >= 4 is 0 Å². The average Bonchev–Trinajstić information content (AvgIpc) is 2.70. The first kappa shape index (κ1) is 13.8. The van der Waals surface area contributed by atoms with E-state index < -0.39 is 17.2 Å². The van der Waals surface area contributed by atoms with Gasteiger partial charge in [0.25, 0.3) is 0 Å². The Bertz CT molecular complexity index is 532. The second-order valence-electron chi connectivity index (χ2n) is 6.70. The van der Waals surface area contributed by atoms with E-state index in [1.54, 1.807) is 6.07 Å². The number of hydrogen-bond donors (Lipinski definition) is 3.